The van der Waals surface area contributed by atoms with Gasteiger partial charge in [0.25, 0.3) is 0 Å². The van der Waals surface area contributed by atoms with Crippen molar-refractivity contribution in [3.8, 4) is 0 Å². The third-order valence-corrected chi connectivity index (χ3v) is 4.05. The highest BCUT2D eigenvalue weighted by Gasteiger charge is 2.33. The number of aryl methyl sites for hydroxylation is 1. The Morgan fingerprint density at radius 1 is 1.33 bits per heavy atom. The third-order valence-electron chi connectivity index (χ3n) is 4.05. The summed E-state index contributed by atoms with van der Waals surface area (Å²) in [6.07, 6.45) is 1.11. The number of halogens is 1. The first-order valence-corrected chi connectivity index (χ1v) is 6.51. The lowest BCUT2D eigenvalue weighted by atomic mass is 9.79. The first-order chi connectivity index (χ1) is 7.99. The van der Waals surface area contributed by atoms with Crippen molar-refractivity contribution < 1.29 is 0 Å². The third kappa shape index (κ3) is 3.47. The number of likely N-dealkylation sites (tertiary alicyclic amines) is 1. The van der Waals surface area contributed by atoms with Crippen LogP contribution in [0.3, 0.4) is 0 Å². The van der Waals surface area contributed by atoms with Crippen LogP contribution in [0.15, 0.2) is 24.3 Å². The molecular formula is C15H25ClN2. The summed E-state index contributed by atoms with van der Waals surface area (Å²) in [4.78, 5) is 2.53. The Labute approximate surface area is 117 Å². The van der Waals surface area contributed by atoms with Crippen molar-refractivity contribution in [2.75, 3.05) is 13.1 Å². The van der Waals surface area contributed by atoms with Crippen molar-refractivity contribution in [1.29, 1.82) is 0 Å². The predicted molar refractivity (Wildman–Crippen MR) is 80.1 cm³/mol. The average Bonchev–Trinajstić information content (AvgIpc) is 2.26. The number of rotatable bonds is 2. The molecule has 1 heterocycles. The molecule has 1 aromatic carbocycles. The second kappa shape index (κ2) is 6.05. The van der Waals surface area contributed by atoms with Crippen LogP contribution in [-0.2, 0) is 6.54 Å². The summed E-state index contributed by atoms with van der Waals surface area (Å²) < 4.78 is 0. The largest absolute Gasteiger partial charge is 0.327 e. The molecule has 0 aromatic heterocycles. The Hall–Kier alpha value is -0.570. The van der Waals surface area contributed by atoms with Crippen LogP contribution in [0.25, 0.3) is 0 Å². The summed E-state index contributed by atoms with van der Waals surface area (Å²) in [5.74, 6) is 0. The van der Waals surface area contributed by atoms with Crippen molar-refractivity contribution in [2.24, 2.45) is 11.1 Å². The Kier molecular flexibility index (Phi) is 5.20. The van der Waals surface area contributed by atoms with E-state index in [0.717, 1.165) is 26.1 Å². The van der Waals surface area contributed by atoms with Crippen molar-refractivity contribution in [2.45, 2.75) is 39.8 Å². The standard InChI is InChI=1S/C15H24N2.ClH/c1-12-6-4-5-7-13(12)10-17-9-8-14(16)15(2,3)11-17;/h4-7,14H,8-11,16H2,1-3H3;1H. The van der Waals surface area contributed by atoms with Crippen molar-refractivity contribution in [3.63, 3.8) is 0 Å². The van der Waals surface area contributed by atoms with Gasteiger partial charge in [-0.1, -0.05) is 38.1 Å². The molecule has 2 N–H and O–H groups in total. The molecule has 0 saturated carbocycles. The number of hydrogen-bond donors (Lipinski definition) is 1. The number of nitrogens with zero attached hydrogens (tertiary/aromatic N) is 1. The molecule has 102 valence electrons. The molecule has 1 aliphatic rings. The quantitative estimate of drug-likeness (QED) is 0.894. The summed E-state index contributed by atoms with van der Waals surface area (Å²) in [6, 6.07) is 9.00. The lowest BCUT2D eigenvalue weighted by Crippen LogP contribution is -2.52. The maximum absolute atomic E-state index is 6.17. The Morgan fingerprint density at radius 3 is 2.61 bits per heavy atom. The second-order valence-corrected chi connectivity index (χ2v) is 6.02. The highest BCUT2D eigenvalue weighted by molar-refractivity contribution is 5.85. The molecule has 0 spiro atoms. The van der Waals surface area contributed by atoms with Crippen LogP contribution in [0.4, 0.5) is 0 Å². The average molecular weight is 269 g/mol. The van der Waals surface area contributed by atoms with E-state index in [1.165, 1.54) is 11.1 Å². The van der Waals surface area contributed by atoms with E-state index in [1.54, 1.807) is 0 Å². The predicted octanol–water partition coefficient (Wildman–Crippen LogP) is 2.98. The summed E-state index contributed by atoms with van der Waals surface area (Å²) >= 11 is 0. The lowest BCUT2D eigenvalue weighted by molar-refractivity contribution is 0.0897. The minimum absolute atomic E-state index is 0. The Morgan fingerprint density at radius 2 is 2.00 bits per heavy atom. The lowest BCUT2D eigenvalue weighted by Gasteiger charge is -2.42. The molecule has 0 bridgehead atoms. The monoisotopic (exact) mass is 268 g/mol. The molecule has 18 heavy (non-hydrogen) atoms. The van der Waals surface area contributed by atoms with Gasteiger partial charge in [-0.15, -0.1) is 12.4 Å². The van der Waals surface area contributed by atoms with Gasteiger partial charge in [0, 0.05) is 25.7 Å². The SMILES string of the molecule is Cc1ccccc1CN1CCC(N)C(C)(C)C1.Cl. The van der Waals surface area contributed by atoms with E-state index < -0.39 is 0 Å². The van der Waals surface area contributed by atoms with E-state index in [4.69, 9.17) is 5.73 Å². The molecule has 1 fully saturated rings. The molecule has 1 atom stereocenters. The molecule has 0 radical (unpaired) electrons. The molecule has 1 aromatic rings. The summed E-state index contributed by atoms with van der Waals surface area (Å²) in [5, 5.41) is 0. The summed E-state index contributed by atoms with van der Waals surface area (Å²) in [5.41, 5.74) is 9.24. The van der Waals surface area contributed by atoms with Gasteiger partial charge in [0.15, 0.2) is 0 Å². The molecule has 0 amide bonds. The van der Waals surface area contributed by atoms with Crippen LogP contribution in [0.2, 0.25) is 0 Å². The van der Waals surface area contributed by atoms with Crippen LogP contribution in [0, 0.1) is 12.3 Å². The molecule has 1 unspecified atom stereocenters. The van der Waals surface area contributed by atoms with Gasteiger partial charge >= 0.3 is 0 Å². The maximum Gasteiger partial charge on any atom is 0.0236 e. The first-order valence-electron chi connectivity index (χ1n) is 6.51. The molecule has 0 aliphatic carbocycles. The van der Waals surface area contributed by atoms with E-state index >= 15 is 0 Å². The first kappa shape index (κ1) is 15.5. The molecule has 2 rings (SSSR count). The zero-order chi connectivity index (χ0) is 12.5. The fourth-order valence-corrected chi connectivity index (χ4v) is 2.65. The number of nitrogens with two attached hydrogens (primary N) is 1. The van der Waals surface area contributed by atoms with Crippen molar-refractivity contribution in [3.05, 3.63) is 35.4 Å². The topological polar surface area (TPSA) is 29.3 Å². The minimum atomic E-state index is 0. The smallest absolute Gasteiger partial charge is 0.0236 e. The molecule has 1 saturated heterocycles. The Balaban J connectivity index is 0.00000162. The zero-order valence-electron chi connectivity index (χ0n) is 11.6. The van der Waals surface area contributed by atoms with Gasteiger partial charge in [0.05, 0.1) is 0 Å². The Bertz CT molecular complexity index is 390. The molecule has 2 nitrogen and oxygen atoms in total. The fraction of sp³-hybridized carbons (Fsp3) is 0.600. The van der Waals surface area contributed by atoms with Crippen LogP contribution in [0.5, 0.6) is 0 Å². The van der Waals surface area contributed by atoms with Crippen molar-refractivity contribution in [1.82, 2.24) is 4.90 Å². The van der Waals surface area contributed by atoms with E-state index in [1.807, 2.05) is 0 Å². The maximum atomic E-state index is 6.17. The zero-order valence-corrected chi connectivity index (χ0v) is 12.5. The highest BCUT2D eigenvalue weighted by Crippen LogP contribution is 2.28. The van der Waals surface area contributed by atoms with Crippen molar-refractivity contribution >= 4 is 12.4 Å². The molecular weight excluding hydrogens is 244 g/mol. The number of hydrogen-bond acceptors (Lipinski definition) is 2. The molecule has 1 aliphatic heterocycles. The fourth-order valence-electron chi connectivity index (χ4n) is 2.65. The van der Waals surface area contributed by atoms with Gasteiger partial charge < -0.3 is 5.73 Å². The van der Waals surface area contributed by atoms with Gasteiger partial charge in [0.1, 0.15) is 0 Å². The minimum Gasteiger partial charge on any atom is -0.327 e. The number of benzene rings is 1. The van der Waals surface area contributed by atoms with E-state index in [0.29, 0.717) is 6.04 Å². The highest BCUT2D eigenvalue weighted by atomic mass is 35.5. The van der Waals surface area contributed by atoms with Crippen LogP contribution in [0.1, 0.15) is 31.4 Å². The summed E-state index contributed by atoms with van der Waals surface area (Å²) in [7, 11) is 0. The van der Waals surface area contributed by atoms with E-state index in [-0.39, 0.29) is 17.8 Å². The van der Waals surface area contributed by atoms with Gasteiger partial charge in [-0.3, -0.25) is 4.90 Å². The van der Waals surface area contributed by atoms with Crippen LogP contribution >= 0.6 is 12.4 Å². The van der Waals surface area contributed by atoms with Crippen LogP contribution in [-0.4, -0.2) is 24.0 Å². The normalized spacial score (nSPS) is 23.4. The molecule has 3 heteroatoms. The van der Waals surface area contributed by atoms with Gasteiger partial charge in [0.2, 0.25) is 0 Å². The van der Waals surface area contributed by atoms with Gasteiger partial charge in [-0.2, -0.15) is 0 Å². The van der Waals surface area contributed by atoms with Crippen LogP contribution < -0.4 is 5.73 Å². The summed E-state index contributed by atoms with van der Waals surface area (Å²) in [6.45, 7) is 10.0. The number of piperidine rings is 1. The van der Waals surface area contributed by atoms with Gasteiger partial charge in [-0.05, 0) is 29.9 Å². The second-order valence-electron chi connectivity index (χ2n) is 6.02. The van der Waals surface area contributed by atoms with E-state index in [2.05, 4.69) is 49.9 Å². The van der Waals surface area contributed by atoms with Gasteiger partial charge in [-0.25, -0.2) is 0 Å². The van der Waals surface area contributed by atoms with E-state index in [9.17, 15) is 0 Å².